The second-order valence-electron chi connectivity index (χ2n) is 5.65. The van der Waals surface area contributed by atoms with Crippen LogP contribution in [0, 0.1) is 6.92 Å². The first-order valence-corrected chi connectivity index (χ1v) is 6.35. The molecule has 106 valence electrons. The number of hydrogen-bond acceptors (Lipinski definition) is 4. The van der Waals surface area contributed by atoms with Crippen molar-refractivity contribution in [2.75, 3.05) is 5.32 Å². The lowest BCUT2D eigenvalue weighted by Gasteiger charge is -2.19. The van der Waals surface area contributed by atoms with Crippen molar-refractivity contribution < 1.29 is 14.6 Å². The summed E-state index contributed by atoms with van der Waals surface area (Å²) in [7, 11) is 0. The fraction of sp³-hybridized carbons (Fsp3) is 0.333. The molecule has 0 fully saturated rings. The van der Waals surface area contributed by atoms with E-state index in [1.807, 2.05) is 6.92 Å². The topological polar surface area (TPSA) is 71.5 Å². The second-order valence-corrected chi connectivity index (χ2v) is 5.65. The Bertz CT molecular complexity index is 660. The molecule has 0 radical (unpaired) electrons. The van der Waals surface area contributed by atoms with Crippen molar-refractivity contribution in [2.45, 2.75) is 33.3 Å². The van der Waals surface area contributed by atoms with E-state index in [1.54, 1.807) is 45.0 Å². The Kier molecular flexibility index (Phi) is 3.53. The molecule has 5 nitrogen and oxygen atoms in total. The van der Waals surface area contributed by atoms with Crippen molar-refractivity contribution in [1.29, 1.82) is 0 Å². The Morgan fingerprint density at radius 2 is 2.00 bits per heavy atom. The summed E-state index contributed by atoms with van der Waals surface area (Å²) in [6, 6.07) is 6.73. The van der Waals surface area contributed by atoms with Crippen molar-refractivity contribution in [2.24, 2.45) is 0 Å². The van der Waals surface area contributed by atoms with Gasteiger partial charge in [0.1, 0.15) is 17.2 Å². The van der Waals surface area contributed by atoms with E-state index in [2.05, 4.69) is 10.3 Å². The molecule has 0 bridgehead atoms. The molecule has 0 aliphatic rings. The minimum atomic E-state index is -0.561. The minimum Gasteiger partial charge on any atom is -0.508 e. The molecule has 1 aromatic carbocycles. The number of phenols is 1. The summed E-state index contributed by atoms with van der Waals surface area (Å²) in [5.41, 5.74) is 1.02. The lowest BCUT2D eigenvalue weighted by Crippen LogP contribution is -2.27. The number of fused-ring (bicyclic) bond motifs is 1. The van der Waals surface area contributed by atoms with Gasteiger partial charge >= 0.3 is 6.09 Å². The quantitative estimate of drug-likeness (QED) is 0.833. The van der Waals surface area contributed by atoms with Gasteiger partial charge in [-0.2, -0.15) is 0 Å². The molecule has 1 amide bonds. The molecule has 0 saturated carbocycles. The third-order valence-electron chi connectivity index (χ3n) is 2.63. The second kappa shape index (κ2) is 5.00. The van der Waals surface area contributed by atoms with Gasteiger partial charge in [0.2, 0.25) is 0 Å². The molecular weight excluding hydrogens is 256 g/mol. The molecule has 20 heavy (non-hydrogen) atoms. The van der Waals surface area contributed by atoms with Crippen LogP contribution in [-0.2, 0) is 4.74 Å². The van der Waals surface area contributed by atoms with Crippen molar-refractivity contribution in [1.82, 2.24) is 4.98 Å². The van der Waals surface area contributed by atoms with Crippen LogP contribution in [-0.4, -0.2) is 21.8 Å². The van der Waals surface area contributed by atoms with Crippen LogP contribution in [0.3, 0.4) is 0 Å². The van der Waals surface area contributed by atoms with E-state index in [9.17, 15) is 9.90 Å². The van der Waals surface area contributed by atoms with Crippen LogP contribution in [0.5, 0.6) is 5.75 Å². The summed E-state index contributed by atoms with van der Waals surface area (Å²) in [4.78, 5) is 16.0. The molecule has 0 saturated heterocycles. The molecule has 2 rings (SSSR count). The van der Waals surface area contributed by atoms with Gasteiger partial charge in [-0.3, -0.25) is 5.32 Å². The maximum absolute atomic E-state index is 11.7. The van der Waals surface area contributed by atoms with E-state index in [1.165, 1.54) is 0 Å². The molecule has 1 aromatic heterocycles. The Balaban J connectivity index is 2.29. The molecule has 1 heterocycles. The van der Waals surface area contributed by atoms with Crippen LogP contribution in [0.25, 0.3) is 10.9 Å². The summed E-state index contributed by atoms with van der Waals surface area (Å²) in [5.74, 6) is 0.536. The Labute approximate surface area is 117 Å². The summed E-state index contributed by atoms with van der Waals surface area (Å²) in [6.45, 7) is 7.30. The van der Waals surface area contributed by atoms with Crippen LogP contribution < -0.4 is 5.32 Å². The number of aromatic nitrogens is 1. The Morgan fingerprint density at radius 3 is 2.65 bits per heavy atom. The Morgan fingerprint density at radius 1 is 1.30 bits per heavy atom. The van der Waals surface area contributed by atoms with Gasteiger partial charge in [-0.25, -0.2) is 9.78 Å². The number of benzene rings is 1. The molecule has 0 unspecified atom stereocenters. The highest BCUT2D eigenvalue weighted by atomic mass is 16.6. The number of aromatic hydroxyl groups is 1. The Hall–Kier alpha value is -2.30. The number of aryl methyl sites for hydroxylation is 1. The van der Waals surface area contributed by atoms with E-state index in [0.29, 0.717) is 11.3 Å². The van der Waals surface area contributed by atoms with E-state index in [4.69, 9.17) is 4.74 Å². The normalized spacial score (nSPS) is 11.4. The van der Waals surface area contributed by atoms with Crippen molar-refractivity contribution in [3.05, 3.63) is 29.8 Å². The minimum absolute atomic E-state index is 0.138. The van der Waals surface area contributed by atoms with Crippen LogP contribution >= 0.6 is 0 Å². The molecule has 0 aliphatic carbocycles. The lowest BCUT2D eigenvalue weighted by atomic mass is 10.1. The average Bonchev–Trinajstić information content (AvgIpc) is 2.24. The predicted octanol–water partition coefficient (Wildman–Crippen LogP) is 3.60. The summed E-state index contributed by atoms with van der Waals surface area (Å²) >= 11 is 0. The highest BCUT2D eigenvalue weighted by Crippen LogP contribution is 2.24. The standard InChI is InChI=1S/C15H18N2O3/c1-9-7-13(17-14(19)20-15(2,3)4)16-12-8-10(18)5-6-11(9)12/h5-8,18H,1-4H3,(H,16,17,19). The monoisotopic (exact) mass is 274 g/mol. The number of ether oxygens (including phenoxy) is 1. The maximum Gasteiger partial charge on any atom is 0.413 e. The lowest BCUT2D eigenvalue weighted by molar-refractivity contribution is 0.0635. The number of hydrogen-bond donors (Lipinski definition) is 2. The zero-order chi connectivity index (χ0) is 14.9. The smallest absolute Gasteiger partial charge is 0.413 e. The van der Waals surface area contributed by atoms with E-state index in [-0.39, 0.29) is 5.75 Å². The number of nitrogens with zero attached hydrogens (tertiary/aromatic N) is 1. The molecular formula is C15H18N2O3. The first-order chi connectivity index (χ1) is 9.24. The zero-order valence-electron chi connectivity index (χ0n) is 12.0. The number of pyridine rings is 1. The first kappa shape index (κ1) is 14.1. The summed E-state index contributed by atoms with van der Waals surface area (Å²) in [6.07, 6.45) is -0.552. The predicted molar refractivity (Wildman–Crippen MR) is 78.0 cm³/mol. The molecule has 0 aliphatic heterocycles. The molecule has 2 aromatic rings. The average molecular weight is 274 g/mol. The fourth-order valence-electron chi connectivity index (χ4n) is 1.86. The summed E-state index contributed by atoms with van der Waals surface area (Å²) in [5, 5.41) is 13.0. The van der Waals surface area contributed by atoms with Gasteiger partial charge in [-0.15, -0.1) is 0 Å². The number of phenolic OH excluding ortho intramolecular Hbond substituents is 1. The highest BCUT2D eigenvalue weighted by Gasteiger charge is 2.17. The number of nitrogens with one attached hydrogen (secondary N) is 1. The van der Waals surface area contributed by atoms with Crippen LogP contribution in [0.15, 0.2) is 24.3 Å². The zero-order valence-corrected chi connectivity index (χ0v) is 12.0. The third-order valence-corrected chi connectivity index (χ3v) is 2.63. The summed E-state index contributed by atoms with van der Waals surface area (Å²) < 4.78 is 5.18. The van der Waals surface area contributed by atoms with Gasteiger partial charge in [-0.05, 0) is 51.5 Å². The van der Waals surface area contributed by atoms with Gasteiger partial charge in [-0.1, -0.05) is 0 Å². The number of carbonyl (C=O) groups is 1. The SMILES string of the molecule is Cc1cc(NC(=O)OC(C)(C)C)nc2cc(O)ccc12. The number of carbonyl (C=O) groups excluding carboxylic acids is 1. The van der Waals surface area contributed by atoms with Crippen molar-refractivity contribution in [3.8, 4) is 5.75 Å². The van der Waals surface area contributed by atoms with Crippen LogP contribution in [0.1, 0.15) is 26.3 Å². The highest BCUT2D eigenvalue weighted by molar-refractivity contribution is 5.89. The fourth-order valence-corrected chi connectivity index (χ4v) is 1.86. The molecule has 5 heteroatoms. The van der Waals surface area contributed by atoms with Crippen molar-refractivity contribution in [3.63, 3.8) is 0 Å². The molecule has 0 atom stereocenters. The van der Waals surface area contributed by atoms with Crippen LogP contribution in [0.2, 0.25) is 0 Å². The van der Waals surface area contributed by atoms with Crippen molar-refractivity contribution >= 4 is 22.8 Å². The third kappa shape index (κ3) is 3.38. The van der Waals surface area contributed by atoms with Gasteiger partial charge in [0.15, 0.2) is 0 Å². The van der Waals surface area contributed by atoms with E-state index < -0.39 is 11.7 Å². The number of rotatable bonds is 1. The van der Waals surface area contributed by atoms with E-state index >= 15 is 0 Å². The van der Waals surface area contributed by atoms with Gasteiger partial charge in [0.05, 0.1) is 5.52 Å². The van der Waals surface area contributed by atoms with Gasteiger partial charge in [0.25, 0.3) is 0 Å². The van der Waals surface area contributed by atoms with Crippen LogP contribution in [0.4, 0.5) is 10.6 Å². The molecule has 2 N–H and O–H groups in total. The number of anilines is 1. The van der Waals surface area contributed by atoms with Gasteiger partial charge < -0.3 is 9.84 Å². The number of amides is 1. The largest absolute Gasteiger partial charge is 0.508 e. The van der Waals surface area contributed by atoms with E-state index in [0.717, 1.165) is 10.9 Å². The van der Waals surface area contributed by atoms with Gasteiger partial charge in [0, 0.05) is 11.5 Å². The first-order valence-electron chi connectivity index (χ1n) is 6.35. The molecule has 0 spiro atoms. The maximum atomic E-state index is 11.7.